The Morgan fingerprint density at radius 2 is 1.70 bits per heavy atom. The van der Waals surface area contributed by atoms with Crippen molar-refractivity contribution in [3.63, 3.8) is 0 Å². The Bertz CT molecular complexity index is 1090. The quantitative estimate of drug-likeness (QED) is 0.444. The number of nitrogens with zero attached hydrogens (tertiary/aromatic N) is 1. The summed E-state index contributed by atoms with van der Waals surface area (Å²) in [5, 5.41) is 13.8. The molecule has 2 aliphatic rings. The van der Waals surface area contributed by atoms with Crippen LogP contribution in [0.25, 0.3) is 0 Å². The molecule has 2 N–H and O–H groups in total. The van der Waals surface area contributed by atoms with Crippen LogP contribution in [-0.4, -0.2) is 36.8 Å². The van der Waals surface area contributed by atoms with E-state index in [0.717, 1.165) is 29.9 Å². The van der Waals surface area contributed by atoms with Crippen molar-refractivity contribution in [3.8, 4) is 5.75 Å². The molecule has 0 radical (unpaired) electrons. The average Bonchev–Trinajstić information content (AvgIpc) is 3.46. The molecule has 0 saturated carbocycles. The molecule has 1 fully saturated rings. The molecule has 2 atom stereocenters. The Morgan fingerprint density at radius 3 is 2.33 bits per heavy atom. The second kappa shape index (κ2) is 8.65. The molecule has 33 heavy (non-hydrogen) atoms. The summed E-state index contributed by atoms with van der Waals surface area (Å²) in [6.45, 7) is 2.10. The number of carbonyl (C=O) groups excluding carboxylic acids is 1. The molecule has 0 aliphatic carbocycles. The van der Waals surface area contributed by atoms with Crippen LogP contribution in [0, 0.1) is 11.1 Å². The van der Waals surface area contributed by atoms with Crippen LogP contribution in [-0.2, 0) is 23.1 Å². The maximum Gasteiger partial charge on any atom is 0.233 e. The Morgan fingerprint density at radius 1 is 1.03 bits per heavy atom. The fraction of sp³-hybridized carbons (Fsp3) is 0.321. The van der Waals surface area contributed by atoms with Crippen LogP contribution in [0.5, 0.6) is 5.75 Å². The first kappa shape index (κ1) is 21.7. The predicted octanol–water partition coefficient (Wildman–Crippen LogP) is 3.97. The Balaban J connectivity index is 1.42. The fourth-order valence-electron chi connectivity index (χ4n) is 5.79. The number of amides is 1. The minimum Gasteiger partial charge on any atom is -0.633 e. The minimum atomic E-state index is -1.02. The van der Waals surface area contributed by atoms with Gasteiger partial charge in [0.1, 0.15) is 11.2 Å². The lowest BCUT2D eigenvalue weighted by Crippen LogP contribution is -2.51. The number of carbonyl (C=O) groups is 1. The second-order valence-electron chi connectivity index (χ2n) is 9.37. The average molecular weight is 443 g/mol. The van der Waals surface area contributed by atoms with Gasteiger partial charge in [-0.2, -0.15) is 0 Å². The molecule has 5 rings (SSSR count). The zero-order valence-corrected chi connectivity index (χ0v) is 18.8. The Kier molecular flexibility index (Phi) is 5.69. The predicted molar refractivity (Wildman–Crippen MR) is 129 cm³/mol. The Hall–Kier alpha value is -3.15. The number of quaternary nitrogens is 1. The van der Waals surface area contributed by atoms with Gasteiger partial charge in [-0.05, 0) is 28.3 Å². The summed E-state index contributed by atoms with van der Waals surface area (Å²) in [5.41, 5.74) is 9.27. The molecule has 0 bridgehead atoms. The number of hydroxylamine groups is 3. The first-order chi connectivity index (χ1) is 16.0. The second-order valence-corrected chi connectivity index (χ2v) is 9.37. The summed E-state index contributed by atoms with van der Waals surface area (Å²) in [6, 6.07) is 25.7. The Labute approximate surface area is 195 Å². The van der Waals surface area contributed by atoms with E-state index in [0.29, 0.717) is 32.5 Å². The number of benzene rings is 3. The highest BCUT2D eigenvalue weighted by molar-refractivity contribution is 5.91. The van der Waals surface area contributed by atoms with Gasteiger partial charge in [0.15, 0.2) is 0 Å². The molecular weight excluding hydrogens is 412 g/mol. The summed E-state index contributed by atoms with van der Waals surface area (Å²) in [5.74, 6) is 0.408. The summed E-state index contributed by atoms with van der Waals surface area (Å²) >= 11 is 0. The lowest BCUT2D eigenvalue weighted by Gasteiger charge is -2.42. The number of nitrogens with two attached hydrogens (primary N) is 1. The molecule has 1 unspecified atom stereocenters. The standard InChI is InChI=1S/C28H30N2O3/c29-27(31)28(23-7-3-1-4-8-23,24-9-5-2-6-10-24)25-14-17-30(32,20-25)16-13-21-11-12-26-22(19-21)15-18-33-26/h1-12,19,25H,13-18,20H2,(H2,29,31)/t25-,30?/m1/s1. The maximum absolute atomic E-state index is 13.8. The zero-order chi connectivity index (χ0) is 22.9. The van der Waals surface area contributed by atoms with Crippen molar-refractivity contribution in [3.05, 3.63) is 106 Å². The van der Waals surface area contributed by atoms with E-state index in [-0.39, 0.29) is 10.6 Å². The van der Waals surface area contributed by atoms with Crippen LogP contribution in [0.4, 0.5) is 0 Å². The highest BCUT2D eigenvalue weighted by Gasteiger charge is 2.52. The molecule has 1 amide bonds. The van der Waals surface area contributed by atoms with Gasteiger partial charge < -0.3 is 20.3 Å². The van der Waals surface area contributed by atoms with E-state index in [9.17, 15) is 10.0 Å². The molecule has 170 valence electrons. The largest absolute Gasteiger partial charge is 0.633 e. The summed E-state index contributed by atoms with van der Waals surface area (Å²) < 4.78 is 5.30. The number of fused-ring (bicyclic) bond motifs is 1. The number of ether oxygens (including phenoxy) is 1. The van der Waals surface area contributed by atoms with Crippen LogP contribution in [0.1, 0.15) is 28.7 Å². The van der Waals surface area contributed by atoms with Crippen LogP contribution in [0.3, 0.4) is 0 Å². The van der Waals surface area contributed by atoms with E-state index in [1.165, 1.54) is 11.1 Å². The normalized spacial score (nSPS) is 22.0. The van der Waals surface area contributed by atoms with Crippen molar-refractivity contribution in [1.82, 2.24) is 0 Å². The van der Waals surface area contributed by atoms with Gasteiger partial charge in [-0.15, -0.1) is 0 Å². The van der Waals surface area contributed by atoms with Crippen molar-refractivity contribution in [2.45, 2.75) is 24.7 Å². The monoisotopic (exact) mass is 442 g/mol. The molecule has 2 aliphatic heterocycles. The molecule has 0 aromatic heterocycles. The zero-order valence-electron chi connectivity index (χ0n) is 18.8. The van der Waals surface area contributed by atoms with Crippen molar-refractivity contribution in [1.29, 1.82) is 0 Å². The van der Waals surface area contributed by atoms with E-state index in [2.05, 4.69) is 12.1 Å². The topological polar surface area (TPSA) is 75.4 Å². The highest BCUT2D eigenvalue weighted by atomic mass is 16.5. The summed E-state index contributed by atoms with van der Waals surface area (Å²) in [4.78, 5) is 13.2. The number of hydrogen-bond acceptors (Lipinski definition) is 3. The van der Waals surface area contributed by atoms with Crippen molar-refractivity contribution in [2.24, 2.45) is 11.7 Å². The number of likely N-dealkylation sites (tertiary alicyclic amines) is 1. The molecule has 1 saturated heterocycles. The minimum absolute atomic E-state index is 0.161. The van der Waals surface area contributed by atoms with E-state index in [1.54, 1.807) is 0 Å². The first-order valence-corrected chi connectivity index (χ1v) is 11.7. The van der Waals surface area contributed by atoms with Crippen LogP contribution in [0.15, 0.2) is 78.9 Å². The molecule has 5 nitrogen and oxygen atoms in total. The smallest absolute Gasteiger partial charge is 0.233 e. The number of primary amides is 1. The molecule has 3 aromatic carbocycles. The van der Waals surface area contributed by atoms with Crippen LogP contribution < -0.4 is 10.5 Å². The van der Waals surface area contributed by atoms with E-state index in [4.69, 9.17) is 10.5 Å². The number of rotatable bonds is 7. The summed E-state index contributed by atoms with van der Waals surface area (Å²) in [7, 11) is 0. The van der Waals surface area contributed by atoms with Gasteiger partial charge in [0.25, 0.3) is 0 Å². The third kappa shape index (κ3) is 3.92. The third-order valence-corrected chi connectivity index (χ3v) is 7.46. The number of hydrogen-bond donors (Lipinski definition) is 1. The fourth-order valence-corrected chi connectivity index (χ4v) is 5.79. The van der Waals surface area contributed by atoms with Gasteiger partial charge in [0.2, 0.25) is 5.91 Å². The van der Waals surface area contributed by atoms with E-state index in [1.807, 2.05) is 66.7 Å². The lowest BCUT2D eigenvalue weighted by atomic mass is 9.64. The van der Waals surface area contributed by atoms with Crippen molar-refractivity contribution >= 4 is 5.91 Å². The van der Waals surface area contributed by atoms with Crippen molar-refractivity contribution in [2.75, 3.05) is 26.2 Å². The molecule has 2 heterocycles. The molecule has 0 spiro atoms. The van der Waals surface area contributed by atoms with Gasteiger partial charge in [0, 0.05) is 25.2 Å². The van der Waals surface area contributed by atoms with Gasteiger partial charge in [-0.1, -0.05) is 72.8 Å². The first-order valence-electron chi connectivity index (χ1n) is 11.7. The maximum atomic E-state index is 13.8. The third-order valence-electron chi connectivity index (χ3n) is 7.46. The van der Waals surface area contributed by atoms with Crippen LogP contribution >= 0.6 is 0 Å². The van der Waals surface area contributed by atoms with Crippen LogP contribution in [0.2, 0.25) is 0 Å². The molecule has 5 heteroatoms. The van der Waals surface area contributed by atoms with Gasteiger partial charge in [0.05, 0.1) is 26.2 Å². The molecular formula is C28H30N2O3. The van der Waals surface area contributed by atoms with Gasteiger partial charge >= 0.3 is 0 Å². The van der Waals surface area contributed by atoms with E-state index < -0.39 is 11.3 Å². The highest BCUT2D eigenvalue weighted by Crippen LogP contribution is 2.45. The van der Waals surface area contributed by atoms with E-state index >= 15 is 0 Å². The summed E-state index contributed by atoms with van der Waals surface area (Å²) in [6.07, 6.45) is 2.30. The molecule has 3 aromatic rings. The van der Waals surface area contributed by atoms with Gasteiger partial charge in [-0.25, -0.2) is 0 Å². The van der Waals surface area contributed by atoms with Crippen molar-refractivity contribution < 1.29 is 14.2 Å². The lowest BCUT2D eigenvalue weighted by molar-refractivity contribution is -0.869. The van der Waals surface area contributed by atoms with Gasteiger partial charge in [-0.3, -0.25) is 4.79 Å². The SMILES string of the molecule is NC(=O)C(c1ccccc1)(c1ccccc1)[C@@H]1CC[N+]([O-])(CCc2ccc3c(c2)CCO3)C1.